The third kappa shape index (κ3) is 3.51. The summed E-state index contributed by atoms with van der Waals surface area (Å²) in [6.45, 7) is 8.26. The maximum absolute atomic E-state index is 5.80. The van der Waals surface area contributed by atoms with E-state index in [0.717, 1.165) is 37.3 Å². The third-order valence-corrected chi connectivity index (χ3v) is 3.27. The SMILES string of the molecule is C=CCCC(NCCC)c1cccc2c1OCCO2. The van der Waals surface area contributed by atoms with E-state index in [-0.39, 0.29) is 0 Å². The van der Waals surface area contributed by atoms with Gasteiger partial charge in [0.05, 0.1) is 0 Å². The number of para-hydroxylation sites is 1. The molecule has 0 aromatic heterocycles. The van der Waals surface area contributed by atoms with Crippen molar-refractivity contribution in [2.24, 2.45) is 0 Å². The van der Waals surface area contributed by atoms with E-state index >= 15 is 0 Å². The monoisotopic (exact) mass is 261 g/mol. The second-order valence-electron chi connectivity index (χ2n) is 4.74. The van der Waals surface area contributed by atoms with Crippen molar-refractivity contribution < 1.29 is 9.47 Å². The van der Waals surface area contributed by atoms with Crippen LogP contribution < -0.4 is 14.8 Å². The summed E-state index contributed by atoms with van der Waals surface area (Å²) in [6, 6.07) is 6.44. The van der Waals surface area contributed by atoms with Crippen molar-refractivity contribution in [1.82, 2.24) is 5.32 Å². The van der Waals surface area contributed by atoms with Crippen molar-refractivity contribution in [2.75, 3.05) is 19.8 Å². The van der Waals surface area contributed by atoms with E-state index < -0.39 is 0 Å². The van der Waals surface area contributed by atoms with Gasteiger partial charge < -0.3 is 14.8 Å². The van der Waals surface area contributed by atoms with E-state index in [0.29, 0.717) is 19.3 Å². The Hall–Kier alpha value is -1.48. The predicted molar refractivity (Wildman–Crippen MR) is 77.9 cm³/mol. The van der Waals surface area contributed by atoms with Gasteiger partial charge in [-0.15, -0.1) is 6.58 Å². The zero-order valence-corrected chi connectivity index (χ0v) is 11.7. The normalized spacial score (nSPS) is 15.0. The Balaban J connectivity index is 2.21. The van der Waals surface area contributed by atoms with E-state index in [4.69, 9.17) is 9.47 Å². The minimum atomic E-state index is 0.301. The van der Waals surface area contributed by atoms with E-state index in [1.54, 1.807) is 0 Å². The van der Waals surface area contributed by atoms with E-state index in [2.05, 4.69) is 24.9 Å². The molecule has 1 aromatic carbocycles. The number of ether oxygens (including phenoxy) is 2. The fourth-order valence-corrected chi connectivity index (χ4v) is 2.34. The molecule has 1 aliphatic rings. The van der Waals surface area contributed by atoms with Gasteiger partial charge in [-0.2, -0.15) is 0 Å². The lowest BCUT2D eigenvalue weighted by Crippen LogP contribution is -2.24. The number of fused-ring (bicyclic) bond motifs is 1. The van der Waals surface area contributed by atoms with Crippen LogP contribution >= 0.6 is 0 Å². The van der Waals surface area contributed by atoms with Crippen LogP contribution in [-0.2, 0) is 0 Å². The van der Waals surface area contributed by atoms with Crippen molar-refractivity contribution in [2.45, 2.75) is 32.2 Å². The zero-order valence-electron chi connectivity index (χ0n) is 11.7. The predicted octanol–water partition coefficient (Wildman–Crippen LogP) is 3.46. The topological polar surface area (TPSA) is 30.5 Å². The molecule has 0 bridgehead atoms. The second kappa shape index (κ2) is 7.19. The summed E-state index contributed by atoms with van der Waals surface area (Å²) in [4.78, 5) is 0. The van der Waals surface area contributed by atoms with Crippen molar-refractivity contribution in [3.05, 3.63) is 36.4 Å². The molecule has 1 unspecified atom stereocenters. The summed E-state index contributed by atoms with van der Waals surface area (Å²) in [5.74, 6) is 1.78. The minimum Gasteiger partial charge on any atom is -0.486 e. The smallest absolute Gasteiger partial charge is 0.166 e. The maximum Gasteiger partial charge on any atom is 0.166 e. The van der Waals surface area contributed by atoms with Crippen molar-refractivity contribution >= 4 is 0 Å². The molecule has 1 heterocycles. The summed E-state index contributed by atoms with van der Waals surface area (Å²) in [6.07, 6.45) is 5.11. The first-order valence-electron chi connectivity index (χ1n) is 7.09. The number of benzene rings is 1. The van der Waals surface area contributed by atoms with Gasteiger partial charge in [0.1, 0.15) is 13.2 Å². The molecule has 0 saturated carbocycles. The molecular weight excluding hydrogens is 238 g/mol. The molecule has 3 heteroatoms. The Morgan fingerprint density at radius 1 is 1.37 bits per heavy atom. The first kappa shape index (κ1) is 13.9. The van der Waals surface area contributed by atoms with Gasteiger partial charge in [0.25, 0.3) is 0 Å². The highest BCUT2D eigenvalue weighted by molar-refractivity contribution is 5.48. The lowest BCUT2D eigenvalue weighted by molar-refractivity contribution is 0.168. The molecule has 0 saturated heterocycles. The van der Waals surface area contributed by atoms with Crippen LogP contribution in [0.2, 0.25) is 0 Å². The Kier molecular flexibility index (Phi) is 5.28. The third-order valence-electron chi connectivity index (χ3n) is 3.27. The fourth-order valence-electron chi connectivity index (χ4n) is 2.34. The van der Waals surface area contributed by atoms with Gasteiger partial charge in [0.15, 0.2) is 11.5 Å². The molecule has 1 aromatic rings. The molecule has 0 fully saturated rings. The number of nitrogens with one attached hydrogen (secondary N) is 1. The summed E-state index contributed by atoms with van der Waals surface area (Å²) in [7, 11) is 0. The van der Waals surface area contributed by atoms with Crippen LogP contribution in [0.25, 0.3) is 0 Å². The zero-order chi connectivity index (χ0) is 13.5. The molecule has 0 aliphatic carbocycles. The molecule has 19 heavy (non-hydrogen) atoms. The summed E-state index contributed by atoms with van der Waals surface area (Å²) in [5.41, 5.74) is 1.20. The molecule has 1 atom stereocenters. The molecular formula is C16H23NO2. The molecule has 2 rings (SSSR count). The Morgan fingerprint density at radius 3 is 3.00 bits per heavy atom. The van der Waals surface area contributed by atoms with Gasteiger partial charge in [-0.05, 0) is 31.9 Å². The molecule has 3 nitrogen and oxygen atoms in total. The quantitative estimate of drug-likeness (QED) is 0.762. The number of hydrogen-bond donors (Lipinski definition) is 1. The van der Waals surface area contributed by atoms with Crippen LogP contribution in [0.1, 0.15) is 37.8 Å². The van der Waals surface area contributed by atoms with Gasteiger partial charge in [-0.3, -0.25) is 0 Å². The summed E-state index contributed by atoms with van der Waals surface area (Å²) >= 11 is 0. The highest BCUT2D eigenvalue weighted by atomic mass is 16.6. The first-order chi connectivity index (χ1) is 9.36. The number of hydrogen-bond acceptors (Lipinski definition) is 3. The number of allylic oxidation sites excluding steroid dienone is 1. The molecule has 104 valence electrons. The number of rotatable bonds is 7. The van der Waals surface area contributed by atoms with Crippen molar-refractivity contribution in [3.8, 4) is 11.5 Å². The van der Waals surface area contributed by atoms with Crippen LogP contribution in [0.15, 0.2) is 30.9 Å². The van der Waals surface area contributed by atoms with E-state index in [1.807, 2.05) is 18.2 Å². The molecule has 0 amide bonds. The highest BCUT2D eigenvalue weighted by Gasteiger charge is 2.21. The Bertz CT molecular complexity index is 417. The molecule has 0 radical (unpaired) electrons. The Labute approximate surface area is 115 Å². The van der Waals surface area contributed by atoms with Gasteiger partial charge in [-0.1, -0.05) is 25.1 Å². The summed E-state index contributed by atoms with van der Waals surface area (Å²) < 4.78 is 11.5. The molecule has 1 N–H and O–H groups in total. The van der Waals surface area contributed by atoms with Crippen LogP contribution in [0, 0.1) is 0 Å². The van der Waals surface area contributed by atoms with E-state index in [1.165, 1.54) is 5.56 Å². The maximum atomic E-state index is 5.80. The lowest BCUT2D eigenvalue weighted by atomic mass is 10.00. The average molecular weight is 261 g/mol. The van der Waals surface area contributed by atoms with Crippen molar-refractivity contribution in [1.29, 1.82) is 0 Å². The minimum absolute atomic E-state index is 0.301. The molecule has 1 aliphatic heterocycles. The first-order valence-corrected chi connectivity index (χ1v) is 7.09. The van der Waals surface area contributed by atoms with Crippen LogP contribution in [0.5, 0.6) is 11.5 Å². The lowest BCUT2D eigenvalue weighted by Gasteiger charge is -2.25. The fraction of sp³-hybridized carbons (Fsp3) is 0.500. The standard InChI is InChI=1S/C16H23NO2/c1-3-5-8-14(17-10-4-2)13-7-6-9-15-16(13)19-12-11-18-15/h3,6-7,9,14,17H,1,4-5,8,10-12H2,2H3. The van der Waals surface area contributed by atoms with E-state index in [9.17, 15) is 0 Å². The van der Waals surface area contributed by atoms with Crippen molar-refractivity contribution in [3.63, 3.8) is 0 Å². The van der Waals surface area contributed by atoms with Crippen LogP contribution in [0.4, 0.5) is 0 Å². The van der Waals surface area contributed by atoms with Gasteiger partial charge in [-0.25, -0.2) is 0 Å². The van der Waals surface area contributed by atoms with Gasteiger partial charge in [0, 0.05) is 11.6 Å². The second-order valence-corrected chi connectivity index (χ2v) is 4.74. The van der Waals surface area contributed by atoms with Gasteiger partial charge >= 0.3 is 0 Å². The highest BCUT2D eigenvalue weighted by Crippen LogP contribution is 2.38. The van der Waals surface area contributed by atoms with Gasteiger partial charge in [0.2, 0.25) is 0 Å². The molecule has 0 spiro atoms. The van der Waals surface area contributed by atoms with Crippen LogP contribution in [-0.4, -0.2) is 19.8 Å². The average Bonchev–Trinajstić information content (AvgIpc) is 2.47. The Morgan fingerprint density at radius 2 is 2.21 bits per heavy atom. The largest absolute Gasteiger partial charge is 0.486 e. The summed E-state index contributed by atoms with van der Waals surface area (Å²) in [5, 5.41) is 3.59. The van der Waals surface area contributed by atoms with Crippen LogP contribution in [0.3, 0.4) is 0 Å².